The van der Waals surface area contributed by atoms with Gasteiger partial charge in [0, 0.05) is 6.42 Å². The molecule has 0 bridgehead atoms. The van der Waals surface area contributed by atoms with Crippen LogP contribution in [0.3, 0.4) is 0 Å². The van der Waals surface area contributed by atoms with Crippen molar-refractivity contribution < 1.29 is 35.2 Å². The lowest BCUT2D eigenvalue weighted by Crippen LogP contribution is -2.17. The third kappa shape index (κ3) is 7.10. The van der Waals surface area contributed by atoms with Crippen LogP contribution >= 0.6 is 0 Å². The molecule has 0 amide bonds. The molecule has 5 nitrogen and oxygen atoms in total. The molecule has 0 unspecified atom stereocenters. The summed E-state index contributed by atoms with van der Waals surface area (Å²) in [4.78, 5) is 0. The molecule has 9 heteroatoms. The van der Waals surface area contributed by atoms with E-state index in [0.29, 0.717) is 5.75 Å². The van der Waals surface area contributed by atoms with Crippen LogP contribution in [0.25, 0.3) is 0 Å². The Kier molecular flexibility index (Phi) is 6.72. The second-order valence-corrected chi connectivity index (χ2v) is 7.42. The first-order valence-electron chi connectivity index (χ1n) is 8.00. The lowest BCUT2D eigenvalue weighted by molar-refractivity contribution is -0.137. The van der Waals surface area contributed by atoms with Crippen molar-refractivity contribution in [2.75, 3.05) is 12.9 Å². The minimum atomic E-state index is -4.52. The van der Waals surface area contributed by atoms with Gasteiger partial charge in [-0.1, -0.05) is 18.2 Å². The van der Waals surface area contributed by atoms with Crippen molar-refractivity contribution in [1.29, 1.82) is 0 Å². The summed E-state index contributed by atoms with van der Waals surface area (Å²) >= 11 is 0. The van der Waals surface area contributed by atoms with Crippen LogP contribution in [0, 0.1) is 0 Å². The summed E-state index contributed by atoms with van der Waals surface area (Å²) in [5.74, 6) is 0.376. The summed E-state index contributed by atoms with van der Waals surface area (Å²) in [5.41, 5.74) is -0.866. The fourth-order valence-corrected chi connectivity index (χ4v) is 2.87. The molecule has 0 heterocycles. The Bertz CT molecular complexity index is 851. The molecule has 0 fully saturated rings. The van der Waals surface area contributed by atoms with Crippen molar-refractivity contribution in [3.05, 3.63) is 54.1 Å². The lowest BCUT2D eigenvalue weighted by atomic mass is 10.2. The summed E-state index contributed by atoms with van der Waals surface area (Å²) in [7, 11) is -3.59. The van der Waals surface area contributed by atoms with Gasteiger partial charge in [-0.05, 0) is 37.3 Å². The summed E-state index contributed by atoms with van der Waals surface area (Å²) in [5, 5.41) is 0. The first-order chi connectivity index (χ1) is 12.5. The van der Waals surface area contributed by atoms with Gasteiger partial charge in [0.25, 0.3) is 10.1 Å². The molecule has 0 N–H and O–H groups in total. The number of rotatable bonds is 8. The smallest absolute Gasteiger partial charge is 0.416 e. The molecule has 0 saturated heterocycles. The second-order valence-electron chi connectivity index (χ2n) is 5.82. The van der Waals surface area contributed by atoms with Crippen LogP contribution in [0.2, 0.25) is 0 Å². The highest BCUT2D eigenvalue weighted by atomic mass is 32.2. The molecular weight excluding hydrogens is 385 g/mol. The number of benzene rings is 2. The van der Waals surface area contributed by atoms with E-state index in [9.17, 15) is 21.6 Å². The largest absolute Gasteiger partial charge is 0.490 e. The maximum absolute atomic E-state index is 13.0. The zero-order valence-electron chi connectivity index (χ0n) is 14.7. The second kappa shape index (κ2) is 8.62. The molecule has 0 aromatic heterocycles. The van der Waals surface area contributed by atoms with Crippen LogP contribution in [-0.4, -0.2) is 27.4 Å². The summed E-state index contributed by atoms with van der Waals surface area (Å²) in [6.45, 7) is 1.59. The van der Waals surface area contributed by atoms with E-state index >= 15 is 0 Å². The zero-order valence-corrected chi connectivity index (χ0v) is 15.5. The van der Waals surface area contributed by atoms with Gasteiger partial charge in [-0.25, -0.2) is 0 Å². The maximum atomic E-state index is 13.0. The van der Waals surface area contributed by atoms with Gasteiger partial charge in [0.15, 0.2) is 11.5 Å². The predicted molar refractivity (Wildman–Crippen MR) is 93.5 cm³/mol. The maximum Gasteiger partial charge on any atom is 0.416 e. The minimum Gasteiger partial charge on any atom is -0.490 e. The third-order valence-electron chi connectivity index (χ3n) is 3.36. The molecular formula is C18H19F3O5S. The Hall–Kier alpha value is -2.26. The Labute approximate surface area is 155 Å². The van der Waals surface area contributed by atoms with Crippen molar-refractivity contribution >= 4 is 10.1 Å². The molecule has 1 atom stereocenters. The lowest BCUT2D eigenvalue weighted by Gasteiger charge is -2.16. The van der Waals surface area contributed by atoms with Crippen molar-refractivity contribution in [2.45, 2.75) is 25.6 Å². The van der Waals surface area contributed by atoms with Crippen LogP contribution in [-0.2, 0) is 20.5 Å². The number of hydrogen-bond donors (Lipinski definition) is 0. The van der Waals surface area contributed by atoms with Gasteiger partial charge < -0.3 is 9.47 Å². The summed E-state index contributed by atoms with van der Waals surface area (Å²) < 4.78 is 76.9. The summed E-state index contributed by atoms with van der Waals surface area (Å²) in [6, 6.07) is 11.3. The first-order valence-corrected chi connectivity index (χ1v) is 9.81. The quantitative estimate of drug-likeness (QED) is 0.601. The van der Waals surface area contributed by atoms with E-state index in [2.05, 4.69) is 0 Å². The Morgan fingerprint density at radius 3 is 2.30 bits per heavy atom. The number of ether oxygens (including phenoxy) is 2. The van der Waals surface area contributed by atoms with Gasteiger partial charge in [0.05, 0.1) is 24.5 Å². The van der Waals surface area contributed by atoms with Gasteiger partial charge in [-0.2, -0.15) is 21.6 Å². The molecule has 0 spiro atoms. The van der Waals surface area contributed by atoms with E-state index in [-0.39, 0.29) is 24.5 Å². The average Bonchev–Trinajstić information content (AvgIpc) is 2.54. The van der Waals surface area contributed by atoms with Gasteiger partial charge in [-0.3, -0.25) is 4.18 Å². The van der Waals surface area contributed by atoms with Gasteiger partial charge >= 0.3 is 6.18 Å². The van der Waals surface area contributed by atoms with Crippen molar-refractivity contribution in [1.82, 2.24) is 0 Å². The van der Waals surface area contributed by atoms with Crippen LogP contribution in [0.4, 0.5) is 13.2 Å². The van der Waals surface area contributed by atoms with Crippen molar-refractivity contribution in [2.24, 2.45) is 0 Å². The van der Waals surface area contributed by atoms with E-state index in [1.54, 1.807) is 37.3 Å². The zero-order chi connectivity index (χ0) is 20.1. The van der Waals surface area contributed by atoms with Crippen molar-refractivity contribution in [3.8, 4) is 17.2 Å². The number of halogens is 3. The SMILES string of the molecule is C[C@H](CCOc1ccc(C(F)(F)F)cc1Oc1ccccc1)OS(C)(=O)=O. The fourth-order valence-electron chi connectivity index (χ4n) is 2.18. The van der Waals surface area contributed by atoms with Crippen LogP contribution < -0.4 is 9.47 Å². The standard InChI is InChI=1S/C18H19F3O5S/c1-13(26-27(2,22)23)10-11-24-16-9-8-14(18(19,20)21)12-17(16)25-15-6-4-3-5-7-15/h3-9,12-13H,10-11H2,1-2H3/t13-/m1/s1. The Morgan fingerprint density at radius 1 is 1.04 bits per heavy atom. The highest BCUT2D eigenvalue weighted by molar-refractivity contribution is 7.86. The highest BCUT2D eigenvalue weighted by Crippen LogP contribution is 2.38. The van der Waals surface area contributed by atoms with E-state index in [1.165, 1.54) is 6.07 Å². The minimum absolute atomic E-state index is 0.0349. The highest BCUT2D eigenvalue weighted by Gasteiger charge is 2.31. The monoisotopic (exact) mass is 404 g/mol. The Morgan fingerprint density at radius 2 is 1.70 bits per heavy atom. The van der Waals surface area contributed by atoms with Gasteiger partial charge in [0.1, 0.15) is 5.75 Å². The Balaban J connectivity index is 2.14. The predicted octanol–water partition coefficient (Wildman–Crippen LogP) is 4.63. The van der Waals surface area contributed by atoms with Crippen LogP contribution in [0.5, 0.6) is 17.2 Å². The molecule has 2 aromatic rings. The molecule has 0 saturated carbocycles. The number of hydrogen-bond acceptors (Lipinski definition) is 5. The van der Waals surface area contributed by atoms with E-state index in [1.807, 2.05) is 0 Å². The number of alkyl halides is 3. The molecule has 2 aromatic carbocycles. The first kappa shape index (κ1) is 21.0. The third-order valence-corrected chi connectivity index (χ3v) is 4.04. The fraction of sp³-hybridized carbons (Fsp3) is 0.333. The van der Waals surface area contributed by atoms with E-state index < -0.39 is 28.0 Å². The van der Waals surface area contributed by atoms with Crippen LogP contribution in [0.1, 0.15) is 18.9 Å². The molecule has 0 aliphatic rings. The van der Waals surface area contributed by atoms with Gasteiger partial charge in [-0.15, -0.1) is 0 Å². The topological polar surface area (TPSA) is 61.8 Å². The molecule has 0 aliphatic carbocycles. The molecule has 0 aliphatic heterocycles. The van der Waals surface area contributed by atoms with Gasteiger partial charge in [0.2, 0.25) is 0 Å². The molecule has 0 radical (unpaired) electrons. The van der Waals surface area contributed by atoms with E-state index in [4.69, 9.17) is 13.7 Å². The van der Waals surface area contributed by atoms with Crippen molar-refractivity contribution in [3.63, 3.8) is 0 Å². The van der Waals surface area contributed by atoms with E-state index in [0.717, 1.165) is 18.4 Å². The molecule has 148 valence electrons. The average molecular weight is 404 g/mol. The molecule has 2 rings (SSSR count). The summed E-state index contributed by atoms with van der Waals surface area (Å²) in [6.07, 6.45) is -4.00. The number of para-hydroxylation sites is 1. The normalized spacial score (nSPS) is 13.2. The molecule has 27 heavy (non-hydrogen) atoms. The van der Waals surface area contributed by atoms with Crippen LogP contribution in [0.15, 0.2) is 48.5 Å².